The Kier molecular flexibility index (Phi) is 3.84. The molecule has 1 aromatic rings. The van der Waals surface area contributed by atoms with E-state index >= 15 is 0 Å². The minimum atomic E-state index is -0.580. The molecule has 16 heavy (non-hydrogen) atoms. The van der Waals surface area contributed by atoms with Crippen LogP contribution in [0, 0.1) is 13.8 Å². The van der Waals surface area contributed by atoms with E-state index in [1.165, 1.54) is 0 Å². The van der Waals surface area contributed by atoms with Crippen LogP contribution in [0.2, 0.25) is 0 Å². The molecule has 0 bridgehead atoms. The van der Waals surface area contributed by atoms with Crippen molar-refractivity contribution in [3.8, 4) is 0 Å². The minimum absolute atomic E-state index is 0.267. The second-order valence-corrected chi connectivity index (χ2v) is 3.43. The van der Waals surface area contributed by atoms with Crippen molar-refractivity contribution < 1.29 is 19.4 Å². The molecule has 0 aliphatic heterocycles. The Hall–Kier alpha value is -1.62. The first-order valence-corrected chi connectivity index (χ1v) is 5.03. The maximum absolute atomic E-state index is 11.6. The van der Waals surface area contributed by atoms with Crippen LogP contribution in [0.3, 0.4) is 0 Å². The number of aryl methyl sites for hydroxylation is 1. The van der Waals surface area contributed by atoms with Crippen LogP contribution in [-0.4, -0.2) is 35.1 Å². The first-order chi connectivity index (χ1) is 7.52. The lowest BCUT2D eigenvalue weighted by Crippen LogP contribution is -2.09. The van der Waals surface area contributed by atoms with Crippen LogP contribution in [0.1, 0.15) is 39.0 Å². The number of H-pyrrole nitrogens is 1. The SMILES string of the molecule is CCOC(=O)c1c(C)[nH]c(C(=O)CO)c1C. The van der Waals surface area contributed by atoms with E-state index in [2.05, 4.69) is 4.98 Å². The number of aromatic nitrogens is 1. The quantitative estimate of drug-likeness (QED) is 0.591. The molecule has 0 amide bonds. The molecule has 0 aliphatic carbocycles. The molecule has 0 aromatic carbocycles. The van der Waals surface area contributed by atoms with Gasteiger partial charge >= 0.3 is 5.97 Å². The lowest BCUT2D eigenvalue weighted by molar-refractivity contribution is 0.0525. The summed E-state index contributed by atoms with van der Waals surface area (Å²) in [4.78, 5) is 25.7. The molecule has 5 heteroatoms. The average molecular weight is 225 g/mol. The van der Waals surface area contributed by atoms with Gasteiger partial charge in [-0.2, -0.15) is 0 Å². The summed E-state index contributed by atoms with van der Waals surface area (Å²) in [5.74, 6) is -0.887. The van der Waals surface area contributed by atoms with Gasteiger partial charge in [-0.25, -0.2) is 4.79 Å². The minimum Gasteiger partial charge on any atom is -0.462 e. The summed E-state index contributed by atoms with van der Waals surface area (Å²) in [6.07, 6.45) is 0. The first kappa shape index (κ1) is 12.4. The third kappa shape index (κ3) is 2.14. The fourth-order valence-corrected chi connectivity index (χ4v) is 1.62. The van der Waals surface area contributed by atoms with Gasteiger partial charge in [-0.05, 0) is 26.3 Å². The zero-order chi connectivity index (χ0) is 12.3. The van der Waals surface area contributed by atoms with E-state index in [9.17, 15) is 9.59 Å². The summed E-state index contributed by atoms with van der Waals surface area (Å²) in [5, 5.41) is 8.77. The number of hydrogen-bond acceptors (Lipinski definition) is 4. The number of rotatable bonds is 4. The van der Waals surface area contributed by atoms with Gasteiger partial charge in [-0.1, -0.05) is 0 Å². The molecule has 1 aromatic heterocycles. The Bertz CT molecular complexity index is 420. The van der Waals surface area contributed by atoms with E-state index in [1.54, 1.807) is 20.8 Å². The molecule has 0 saturated heterocycles. The highest BCUT2D eigenvalue weighted by Crippen LogP contribution is 2.19. The van der Waals surface area contributed by atoms with E-state index in [0.717, 1.165) is 0 Å². The Morgan fingerprint density at radius 3 is 2.50 bits per heavy atom. The molecular weight excluding hydrogens is 210 g/mol. The monoisotopic (exact) mass is 225 g/mol. The van der Waals surface area contributed by atoms with Crippen molar-refractivity contribution in [3.63, 3.8) is 0 Å². The maximum Gasteiger partial charge on any atom is 0.340 e. The van der Waals surface area contributed by atoms with Crippen molar-refractivity contribution >= 4 is 11.8 Å². The summed E-state index contributed by atoms with van der Waals surface area (Å²) < 4.78 is 4.88. The van der Waals surface area contributed by atoms with Crippen molar-refractivity contribution in [1.82, 2.24) is 4.98 Å². The van der Waals surface area contributed by atoms with Crippen LogP contribution in [0.15, 0.2) is 0 Å². The van der Waals surface area contributed by atoms with Gasteiger partial charge in [0.2, 0.25) is 5.78 Å². The number of nitrogens with one attached hydrogen (secondary N) is 1. The van der Waals surface area contributed by atoms with Crippen LogP contribution < -0.4 is 0 Å². The second-order valence-electron chi connectivity index (χ2n) is 3.43. The van der Waals surface area contributed by atoms with Crippen molar-refractivity contribution in [1.29, 1.82) is 0 Å². The largest absolute Gasteiger partial charge is 0.462 e. The third-order valence-corrected chi connectivity index (χ3v) is 2.34. The molecular formula is C11H15NO4. The standard InChI is InChI=1S/C11H15NO4/c1-4-16-11(15)9-6(2)10(8(14)5-13)12-7(9)3/h12-13H,4-5H2,1-3H3. The zero-order valence-electron chi connectivity index (χ0n) is 9.59. The molecule has 0 radical (unpaired) electrons. The summed E-state index contributed by atoms with van der Waals surface area (Å²) in [6, 6.07) is 0. The summed E-state index contributed by atoms with van der Waals surface area (Å²) in [7, 11) is 0. The Labute approximate surface area is 93.4 Å². The summed E-state index contributed by atoms with van der Waals surface area (Å²) in [5.41, 5.74) is 1.74. The molecule has 2 N–H and O–H groups in total. The Morgan fingerprint density at radius 1 is 1.38 bits per heavy atom. The number of carbonyl (C=O) groups is 2. The van der Waals surface area contributed by atoms with E-state index in [-0.39, 0.29) is 12.3 Å². The first-order valence-electron chi connectivity index (χ1n) is 5.03. The molecule has 88 valence electrons. The third-order valence-electron chi connectivity index (χ3n) is 2.34. The topological polar surface area (TPSA) is 79.4 Å². The molecule has 0 fully saturated rings. The maximum atomic E-state index is 11.6. The van der Waals surface area contributed by atoms with Crippen LogP contribution in [0.5, 0.6) is 0 Å². The van der Waals surface area contributed by atoms with Gasteiger partial charge in [0, 0.05) is 5.69 Å². The molecule has 0 saturated carbocycles. The van der Waals surface area contributed by atoms with Gasteiger partial charge in [0.1, 0.15) is 6.61 Å². The van der Waals surface area contributed by atoms with Gasteiger partial charge in [-0.3, -0.25) is 4.79 Å². The average Bonchev–Trinajstić information content (AvgIpc) is 2.53. The van der Waals surface area contributed by atoms with Gasteiger partial charge in [0.05, 0.1) is 17.9 Å². The van der Waals surface area contributed by atoms with E-state index in [0.29, 0.717) is 16.8 Å². The number of ether oxygens (including phenoxy) is 1. The van der Waals surface area contributed by atoms with Gasteiger partial charge < -0.3 is 14.8 Å². The fourth-order valence-electron chi connectivity index (χ4n) is 1.62. The van der Waals surface area contributed by atoms with E-state index in [1.807, 2.05) is 0 Å². The van der Waals surface area contributed by atoms with Crippen LogP contribution in [0.4, 0.5) is 0 Å². The number of hydrogen-bond donors (Lipinski definition) is 2. The van der Waals surface area contributed by atoms with Crippen molar-refractivity contribution in [2.75, 3.05) is 13.2 Å². The molecule has 1 heterocycles. The smallest absolute Gasteiger partial charge is 0.340 e. The zero-order valence-corrected chi connectivity index (χ0v) is 9.59. The highest BCUT2D eigenvalue weighted by Gasteiger charge is 2.21. The molecule has 0 unspecified atom stereocenters. The highest BCUT2D eigenvalue weighted by atomic mass is 16.5. The van der Waals surface area contributed by atoms with Crippen molar-refractivity contribution in [3.05, 3.63) is 22.5 Å². The predicted molar refractivity (Wildman–Crippen MR) is 57.6 cm³/mol. The van der Waals surface area contributed by atoms with E-state index in [4.69, 9.17) is 9.84 Å². The number of esters is 1. The molecule has 0 atom stereocenters. The lowest BCUT2D eigenvalue weighted by atomic mass is 10.1. The predicted octanol–water partition coefficient (Wildman–Crippen LogP) is 0.983. The number of aliphatic hydroxyl groups is 1. The van der Waals surface area contributed by atoms with Gasteiger partial charge in [-0.15, -0.1) is 0 Å². The van der Waals surface area contributed by atoms with Gasteiger partial charge in [0.15, 0.2) is 0 Å². The summed E-state index contributed by atoms with van der Waals surface area (Å²) >= 11 is 0. The number of Topliss-reactive ketones (excluding diaryl/α,β-unsaturated/α-hetero) is 1. The normalized spacial score (nSPS) is 10.2. The highest BCUT2D eigenvalue weighted by molar-refractivity contribution is 6.01. The summed E-state index contributed by atoms with van der Waals surface area (Å²) in [6.45, 7) is 4.76. The Morgan fingerprint density at radius 2 is 2.00 bits per heavy atom. The fraction of sp³-hybridized carbons (Fsp3) is 0.455. The number of aromatic amines is 1. The Balaban J connectivity index is 3.17. The number of ketones is 1. The van der Waals surface area contributed by atoms with Crippen molar-refractivity contribution in [2.24, 2.45) is 0 Å². The number of carbonyl (C=O) groups excluding carboxylic acids is 2. The van der Waals surface area contributed by atoms with Crippen LogP contribution in [-0.2, 0) is 4.74 Å². The van der Waals surface area contributed by atoms with Crippen LogP contribution in [0.25, 0.3) is 0 Å². The molecule has 5 nitrogen and oxygen atoms in total. The molecule has 0 aliphatic rings. The van der Waals surface area contributed by atoms with Crippen molar-refractivity contribution in [2.45, 2.75) is 20.8 Å². The molecule has 0 spiro atoms. The van der Waals surface area contributed by atoms with Crippen LogP contribution >= 0.6 is 0 Å². The van der Waals surface area contributed by atoms with Gasteiger partial charge in [0.25, 0.3) is 0 Å². The molecule has 1 rings (SSSR count). The lowest BCUT2D eigenvalue weighted by Gasteiger charge is -2.02. The van der Waals surface area contributed by atoms with E-state index < -0.39 is 18.4 Å². The second kappa shape index (κ2) is 4.94. The number of aliphatic hydroxyl groups excluding tert-OH is 1.